The molecule has 3 rings (SSSR count). The Kier molecular flexibility index (Phi) is 5.45. The summed E-state index contributed by atoms with van der Waals surface area (Å²) < 4.78 is 26.3. The van der Waals surface area contributed by atoms with Crippen LogP contribution in [0.4, 0.5) is 13.9 Å². The summed E-state index contributed by atoms with van der Waals surface area (Å²) in [7, 11) is 0. The van der Waals surface area contributed by atoms with Gasteiger partial charge in [-0.2, -0.15) is 0 Å². The minimum atomic E-state index is -0.929. The summed E-state index contributed by atoms with van der Waals surface area (Å²) >= 11 is 2.89. The Morgan fingerprint density at radius 2 is 2.04 bits per heavy atom. The van der Waals surface area contributed by atoms with Crippen molar-refractivity contribution in [2.24, 2.45) is 0 Å². The van der Waals surface area contributed by atoms with Gasteiger partial charge in [0.25, 0.3) is 5.91 Å². The summed E-state index contributed by atoms with van der Waals surface area (Å²) in [6.07, 6.45) is 0. The highest BCUT2D eigenvalue weighted by atomic mass is 32.2. The molecule has 0 aliphatic carbocycles. The van der Waals surface area contributed by atoms with Crippen molar-refractivity contribution in [1.82, 2.24) is 4.98 Å². The Morgan fingerprint density at radius 1 is 1.20 bits per heavy atom. The van der Waals surface area contributed by atoms with Gasteiger partial charge in [0.15, 0.2) is 16.8 Å². The van der Waals surface area contributed by atoms with Crippen molar-refractivity contribution in [2.45, 2.75) is 11.8 Å². The highest BCUT2D eigenvalue weighted by Gasteiger charge is 2.12. The molecule has 0 atom stereocenters. The van der Waals surface area contributed by atoms with E-state index in [-0.39, 0.29) is 5.91 Å². The maximum absolute atomic E-state index is 13.3. The SMILES string of the molecule is CCSc1cccc(C(=O)Nc2nc(-c3ccc(F)c(F)c3)cs2)c1. The van der Waals surface area contributed by atoms with Crippen LogP contribution in [0.1, 0.15) is 17.3 Å². The third-order valence-electron chi connectivity index (χ3n) is 3.35. The number of hydrogen-bond donors (Lipinski definition) is 1. The maximum Gasteiger partial charge on any atom is 0.257 e. The zero-order valence-electron chi connectivity index (χ0n) is 13.3. The average Bonchev–Trinajstić information content (AvgIpc) is 3.06. The highest BCUT2D eigenvalue weighted by molar-refractivity contribution is 7.99. The number of amides is 1. The molecule has 0 spiro atoms. The van der Waals surface area contributed by atoms with E-state index in [1.165, 1.54) is 17.4 Å². The number of carbonyl (C=O) groups excluding carboxylic acids is 1. The van der Waals surface area contributed by atoms with Crippen LogP contribution in [0.2, 0.25) is 0 Å². The number of nitrogens with one attached hydrogen (secondary N) is 1. The second-order valence-corrected chi connectivity index (χ2v) is 7.28. The molecule has 0 fully saturated rings. The van der Waals surface area contributed by atoms with Gasteiger partial charge in [0.2, 0.25) is 0 Å². The molecular formula is C18H14F2N2OS2. The number of benzene rings is 2. The van der Waals surface area contributed by atoms with Crippen LogP contribution in [0.5, 0.6) is 0 Å². The number of aromatic nitrogens is 1. The Balaban J connectivity index is 1.75. The lowest BCUT2D eigenvalue weighted by Crippen LogP contribution is -2.11. The normalized spacial score (nSPS) is 10.7. The lowest BCUT2D eigenvalue weighted by molar-refractivity contribution is 0.102. The Morgan fingerprint density at radius 3 is 2.80 bits per heavy atom. The standard InChI is InChI=1S/C18H14F2N2OS2/c1-2-24-13-5-3-4-12(8-13)17(23)22-18-21-16(10-25-18)11-6-7-14(19)15(20)9-11/h3-10H,2H2,1H3,(H,21,22,23). The van der Waals surface area contributed by atoms with Gasteiger partial charge in [-0.3, -0.25) is 10.1 Å². The molecule has 1 aromatic heterocycles. The summed E-state index contributed by atoms with van der Waals surface area (Å²) in [5.41, 5.74) is 1.48. The van der Waals surface area contributed by atoms with E-state index in [9.17, 15) is 13.6 Å². The minimum Gasteiger partial charge on any atom is -0.298 e. The lowest BCUT2D eigenvalue weighted by Gasteiger charge is -2.04. The quantitative estimate of drug-likeness (QED) is 0.602. The van der Waals surface area contributed by atoms with E-state index in [4.69, 9.17) is 0 Å². The average molecular weight is 376 g/mol. The number of anilines is 1. The van der Waals surface area contributed by atoms with E-state index < -0.39 is 11.6 Å². The van der Waals surface area contributed by atoms with Crippen molar-refractivity contribution in [3.8, 4) is 11.3 Å². The van der Waals surface area contributed by atoms with Crippen LogP contribution in [-0.2, 0) is 0 Å². The molecule has 0 saturated heterocycles. The molecule has 7 heteroatoms. The number of thioether (sulfide) groups is 1. The Hall–Kier alpha value is -2.25. The molecule has 3 aromatic rings. The number of carbonyl (C=O) groups is 1. The van der Waals surface area contributed by atoms with Gasteiger partial charge in [0.1, 0.15) is 0 Å². The fourth-order valence-corrected chi connectivity index (χ4v) is 3.62. The summed E-state index contributed by atoms with van der Waals surface area (Å²) in [4.78, 5) is 17.6. The van der Waals surface area contributed by atoms with Gasteiger partial charge in [0, 0.05) is 21.4 Å². The number of hydrogen-bond acceptors (Lipinski definition) is 4. The zero-order chi connectivity index (χ0) is 17.8. The van der Waals surface area contributed by atoms with E-state index in [1.807, 2.05) is 25.1 Å². The van der Waals surface area contributed by atoms with Crippen LogP contribution < -0.4 is 5.32 Å². The van der Waals surface area contributed by atoms with E-state index >= 15 is 0 Å². The van der Waals surface area contributed by atoms with Gasteiger partial charge >= 0.3 is 0 Å². The predicted octanol–water partition coefficient (Wildman–Crippen LogP) is 5.45. The van der Waals surface area contributed by atoms with Gasteiger partial charge in [-0.15, -0.1) is 23.1 Å². The van der Waals surface area contributed by atoms with Crippen molar-refractivity contribution >= 4 is 34.1 Å². The smallest absolute Gasteiger partial charge is 0.257 e. The molecule has 1 amide bonds. The van der Waals surface area contributed by atoms with Crippen molar-refractivity contribution in [3.05, 3.63) is 65.0 Å². The van der Waals surface area contributed by atoms with E-state index in [0.717, 1.165) is 22.8 Å². The van der Waals surface area contributed by atoms with Gasteiger partial charge in [-0.25, -0.2) is 13.8 Å². The topological polar surface area (TPSA) is 42.0 Å². The largest absolute Gasteiger partial charge is 0.298 e. The Labute approximate surface area is 152 Å². The van der Waals surface area contributed by atoms with Crippen LogP contribution in [0.3, 0.4) is 0 Å². The summed E-state index contributed by atoms with van der Waals surface area (Å²) in [6.45, 7) is 2.05. The first-order chi connectivity index (χ1) is 12.1. The van der Waals surface area contributed by atoms with Crippen LogP contribution in [0.15, 0.2) is 52.7 Å². The molecule has 0 bridgehead atoms. The van der Waals surface area contributed by atoms with Crippen LogP contribution >= 0.6 is 23.1 Å². The zero-order valence-corrected chi connectivity index (χ0v) is 14.9. The van der Waals surface area contributed by atoms with Crippen molar-refractivity contribution in [1.29, 1.82) is 0 Å². The lowest BCUT2D eigenvalue weighted by atomic mass is 10.2. The van der Waals surface area contributed by atoms with Crippen LogP contribution in [0, 0.1) is 11.6 Å². The maximum atomic E-state index is 13.3. The fraction of sp³-hybridized carbons (Fsp3) is 0.111. The first kappa shape index (κ1) is 17.6. The molecule has 0 unspecified atom stereocenters. The molecule has 1 heterocycles. The molecular weight excluding hydrogens is 362 g/mol. The number of thiazole rings is 1. The number of halogens is 2. The van der Waals surface area contributed by atoms with Gasteiger partial charge in [0.05, 0.1) is 5.69 Å². The Bertz CT molecular complexity index is 912. The fourth-order valence-electron chi connectivity index (χ4n) is 2.18. The predicted molar refractivity (Wildman–Crippen MR) is 98.3 cm³/mol. The van der Waals surface area contributed by atoms with Crippen molar-refractivity contribution < 1.29 is 13.6 Å². The number of nitrogens with zero attached hydrogens (tertiary/aromatic N) is 1. The van der Waals surface area contributed by atoms with Gasteiger partial charge < -0.3 is 0 Å². The first-order valence-corrected chi connectivity index (χ1v) is 9.38. The molecule has 3 nitrogen and oxygen atoms in total. The first-order valence-electron chi connectivity index (χ1n) is 7.52. The van der Waals surface area contributed by atoms with Crippen molar-refractivity contribution in [3.63, 3.8) is 0 Å². The highest BCUT2D eigenvalue weighted by Crippen LogP contribution is 2.26. The van der Waals surface area contributed by atoms with Crippen molar-refractivity contribution in [2.75, 3.05) is 11.1 Å². The molecule has 0 aliphatic rings. The molecule has 25 heavy (non-hydrogen) atoms. The molecule has 0 saturated carbocycles. The second kappa shape index (κ2) is 7.76. The third kappa shape index (κ3) is 4.24. The summed E-state index contributed by atoms with van der Waals surface area (Å²) in [6, 6.07) is 10.9. The molecule has 0 aliphatic heterocycles. The monoisotopic (exact) mass is 376 g/mol. The second-order valence-electron chi connectivity index (χ2n) is 5.08. The van der Waals surface area contributed by atoms with Gasteiger partial charge in [-0.1, -0.05) is 13.0 Å². The molecule has 0 radical (unpaired) electrons. The molecule has 128 valence electrons. The summed E-state index contributed by atoms with van der Waals surface area (Å²) in [5.74, 6) is -1.17. The molecule has 2 aromatic carbocycles. The van der Waals surface area contributed by atoms with E-state index in [1.54, 1.807) is 23.2 Å². The van der Waals surface area contributed by atoms with E-state index in [0.29, 0.717) is 22.0 Å². The van der Waals surface area contributed by atoms with E-state index in [2.05, 4.69) is 10.3 Å². The third-order valence-corrected chi connectivity index (χ3v) is 4.98. The van der Waals surface area contributed by atoms with Crippen LogP contribution in [-0.4, -0.2) is 16.6 Å². The number of rotatable bonds is 5. The minimum absolute atomic E-state index is 0.260. The summed E-state index contributed by atoms with van der Waals surface area (Å²) in [5, 5.41) is 4.82. The molecule has 1 N–H and O–H groups in total. The van der Waals surface area contributed by atoms with Crippen LogP contribution in [0.25, 0.3) is 11.3 Å². The van der Waals surface area contributed by atoms with Gasteiger partial charge in [-0.05, 0) is 42.2 Å².